The number of nitrogens with zero attached hydrogens (tertiary/aromatic N) is 1. The minimum atomic E-state index is -0.216. The molecular weight excluding hydrogens is 328 g/mol. The van der Waals surface area contributed by atoms with Gasteiger partial charge in [-0.3, -0.25) is 9.59 Å². The molecule has 2 aromatic rings. The van der Waals surface area contributed by atoms with Gasteiger partial charge in [0.2, 0.25) is 11.8 Å². The molecule has 26 heavy (non-hydrogen) atoms. The average molecular weight is 354 g/mol. The summed E-state index contributed by atoms with van der Waals surface area (Å²) in [6.45, 7) is 5.53. The van der Waals surface area contributed by atoms with Gasteiger partial charge in [0.05, 0.1) is 7.11 Å². The topological polar surface area (TPSA) is 58.6 Å². The van der Waals surface area contributed by atoms with Crippen LogP contribution in [0.5, 0.6) is 5.75 Å². The second kappa shape index (κ2) is 9.04. The molecule has 0 heterocycles. The van der Waals surface area contributed by atoms with Gasteiger partial charge in [0, 0.05) is 18.3 Å². The molecular formula is C21H26N2O3. The van der Waals surface area contributed by atoms with Gasteiger partial charge in [0.1, 0.15) is 12.3 Å². The number of aryl methyl sites for hydroxylation is 2. The van der Waals surface area contributed by atoms with Crippen LogP contribution in [0.2, 0.25) is 0 Å². The zero-order chi connectivity index (χ0) is 19.1. The van der Waals surface area contributed by atoms with E-state index in [0.29, 0.717) is 11.4 Å². The van der Waals surface area contributed by atoms with Gasteiger partial charge in [-0.2, -0.15) is 0 Å². The van der Waals surface area contributed by atoms with E-state index in [1.54, 1.807) is 31.4 Å². The second-order valence-corrected chi connectivity index (χ2v) is 6.01. The first kappa shape index (κ1) is 19.5. The largest absolute Gasteiger partial charge is 0.497 e. The Morgan fingerprint density at radius 2 is 1.58 bits per heavy atom. The molecule has 0 aliphatic rings. The number of carbonyl (C=O) groups is 2. The number of ether oxygens (including phenoxy) is 1. The van der Waals surface area contributed by atoms with Crippen LogP contribution in [0.15, 0.2) is 42.5 Å². The number of nitrogens with one attached hydrogen (secondary N) is 1. The standard InChI is InChI=1S/C21H26N2O3/c1-5-16-8-7-9-17(6-2)21(16)22-20(25)14-23(15(3)24)18-10-12-19(26-4)13-11-18/h7-13H,5-6,14H2,1-4H3,(H,22,25). The lowest BCUT2D eigenvalue weighted by Gasteiger charge is -2.22. The molecule has 0 saturated heterocycles. The Kier molecular flexibility index (Phi) is 6.78. The Hall–Kier alpha value is -2.82. The zero-order valence-corrected chi connectivity index (χ0v) is 15.8. The molecule has 5 heteroatoms. The van der Waals surface area contributed by atoms with E-state index < -0.39 is 0 Å². The minimum absolute atomic E-state index is 0.0388. The molecule has 2 amide bonds. The summed E-state index contributed by atoms with van der Waals surface area (Å²) in [6, 6.07) is 13.1. The third-order valence-electron chi connectivity index (χ3n) is 4.33. The summed E-state index contributed by atoms with van der Waals surface area (Å²) < 4.78 is 5.14. The maximum Gasteiger partial charge on any atom is 0.244 e. The van der Waals surface area contributed by atoms with Crippen LogP contribution < -0.4 is 15.0 Å². The van der Waals surface area contributed by atoms with Gasteiger partial charge in [0.15, 0.2) is 0 Å². The molecule has 0 aliphatic heterocycles. The van der Waals surface area contributed by atoms with Crippen LogP contribution in [0.4, 0.5) is 11.4 Å². The molecule has 2 rings (SSSR count). The smallest absolute Gasteiger partial charge is 0.244 e. The monoisotopic (exact) mass is 354 g/mol. The Balaban J connectivity index is 2.19. The van der Waals surface area contributed by atoms with Crippen molar-refractivity contribution in [1.82, 2.24) is 0 Å². The summed E-state index contributed by atoms with van der Waals surface area (Å²) in [5, 5.41) is 3.00. The Morgan fingerprint density at radius 1 is 1.00 bits per heavy atom. The molecule has 0 unspecified atom stereocenters. The van der Waals surface area contributed by atoms with Gasteiger partial charge in [0.25, 0.3) is 0 Å². The van der Waals surface area contributed by atoms with Crippen LogP contribution in [0.1, 0.15) is 31.9 Å². The third kappa shape index (κ3) is 4.63. The van der Waals surface area contributed by atoms with E-state index >= 15 is 0 Å². The number of rotatable bonds is 7. The van der Waals surface area contributed by atoms with Crippen molar-refractivity contribution >= 4 is 23.2 Å². The highest BCUT2D eigenvalue weighted by Gasteiger charge is 2.17. The minimum Gasteiger partial charge on any atom is -0.497 e. The van der Waals surface area contributed by atoms with Gasteiger partial charge >= 0.3 is 0 Å². The lowest BCUT2D eigenvalue weighted by molar-refractivity contribution is -0.120. The van der Waals surface area contributed by atoms with Crippen molar-refractivity contribution < 1.29 is 14.3 Å². The highest BCUT2D eigenvalue weighted by Crippen LogP contribution is 2.23. The molecule has 5 nitrogen and oxygen atoms in total. The van der Waals surface area contributed by atoms with Crippen molar-refractivity contribution in [2.45, 2.75) is 33.6 Å². The number of anilines is 2. The van der Waals surface area contributed by atoms with E-state index in [1.165, 1.54) is 11.8 Å². The van der Waals surface area contributed by atoms with Crippen LogP contribution in [0.3, 0.4) is 0 Å². The second-order valence-electron chi connectivity index (χ2n) is 6.01. The molecule has 138 valence electrons. The lowest BCUT2D eigenvalue weighted by atomic mass is 10.0. The van der Waals surface area contributed by atoms with Crippen molar-refractivity contribution in [3.8, 4) is 5.75 Å². The number of hydrogen-bond donors (Lipinski definition) is 1. The van der Waals surface area contributed by atoms with Crippen molar-refractivity contribution in [2.75, 3.05) is 23.9 Å². The van der Waals surface area contributed by atoms with Gasteiger partial charge in [-0.25, -0.2) is 0 Å². The van der Waals surface area contributed by atoms with Crippen molar-refractivity contribution in [1.29, 1.82) is 0 Å². The summed E-state index contributed by atoms with van der Waals surface area (Å²) in [5.41, 5.74) is 3.71. The maximum atomic E-state index is 12.6. The van der Waals surface area contributed by atoms with E-state index in [-0.39, 0.29) is 18.4 Å². The first-order valence-corrected chi connectivity index (χ1v) is 8.82. The SMILES string of the molecule is CCc1cccc(CC)c1NC(=O)CN(C(C)=O)c1ccc(OC)cc1. The van der Waals surface area contributed by atoms with E-state index in [1.807, 2.05) is 18.2 Å². The third-order valence-corrected chi connectivity index (χ3v) is 4.33. The van der Waals surface area contributed by atoms with E-state index in [9.17, 15) is 9.59 Å². The van der Waals surface area contributed by atoms with Crippen LogP contribution >= 0.6 is 0 Å². The van der Waals surface area contributed by atoms with Gasteiger partial charge in [-0.1, -0.05) is 32.0 Å². The number of benzene rings is 2. The molecule has 1 N–H and O–H groups in total. The van der Waals surface area contributed by atoms with Crippen LogP contribution in [0, 0.1) is 0 Å². The van der Waals surface area contributed by atoms with E-state index in [2.05, 4.69) is 19.2 Å². The van der Waals surface area contributed by atoms with E-state index in [4.69, 9.17) is 4.74 Å². The van der Waals surface area contributed by atoms with Crippen LogP contribution in [-0.2, 0) is 22.4 Å². The van der Waals surface area contributed by atoms with Gasteiger partial charge < -0.3 is 15.0 Å². The Morgan fingerprint density at radius 3 is 2.04 bits per heavy atom. The predicted octanol–water partition coefficient (Wildman–Crippen LogP) is 3.81. The van der Waals surface area contributed by atoms with Gasteiger partial charge in [-0.05, 0) is 48.2 Å². The summed E-state index contributed by atoms with van der Waals surface area (Å²) in [6.07, 6.45) is 1.66. The van der Waals surface area contributed by atoms with Crippen LogP contribution in [-0.4, -0.2) is 25.5 Å². The molecule has 0 aliphatic carbocycles. The number of amides is 2. The fraction of sp³-hybridized carbons (Fsp3) is 0.333. The average Bonchev–Trinajstić information content (AvgIpc) is 2.66. The van der Waals surface area contributed by atoms with Crippen molar-refractivity contribution in [2.24, 2.45) is 0 Å². The summed E-state index contributed by atoms with van der Waals surface area (Å²) in [5.74, 6) is 0.294. The van der Waals surface area contributed by atoms with Crippen LogP contribution in [0.25, 0.3) is 0 Å². The predicted molar refractivity (Wildman–Crippen MR) is 105 cm³/mol. The Bertz CT molecular complexity index is 747. The number of carbonyl (C=O) groups excluding carboxylic acids is 2. The van der Waals surface area contributed by atoms with Crippen molar-refractivity contribution in [3.05, 3.63) is 53.6 Å². The van der Waals surface area contributed by atoms with E-state index in [0.717, 1.165) is 29.7 Å². The number of para-hydroxylation sites is 1. The molecule has 0 fully saturated rings. The first-order valence-electron chi connectivity index (χ1n) is 8.82. The molecule has 0 radical (unpaired) electrons. The van der Waals surface area contributed by atoms with Crippen molar-refractivity contribution in [3.63, 3.8) is 0 Å². The fourth-order valence-corrected chi connectivity index (χ4v) is 2.87. The quantitative estimate of drug-likeness (QED) is 0.822. The summed E-state index contributed by atoms with van der Waals surface area (Å²) in [4.78, 5) is 26.1. The highest BCUT2D eigenvalue weighted by atomic mass is 16.5. The first-order chi connectivity index (χ1) is 12.5. The van der Waals surface area contributed by atoms with Gasteiger partial charge in [-0.15, -0.1) is 0 Å². The maximum absolute atomic E-state index is 12.6. The molecule has 0 atom stereocenters. The summed E-state index contributed by atoms with van der Waals surface area (Å²) >= 11 is 0. The fourth-order valence-electron chi connectivity index (χ4n) is 2.87. The molecule has 0 saturated carbocycles. The summed E-state index contributed by atoms with van der Waals surface area (Å²) in [7, 11) is 1.59. The Labute approximate surface area is 155 Å². The lowest BCUT2D eigenvalue weighted by Crippen LogP contribution is -2.37. The highest BCUT2D eigenvalue weighted by molar-refractivity contribution is 6.02. The molecule has 0 aromatic heterocycles. The normalized spacial score (nSPS) is 10.3. The molecule has 0 spiro atoms. The molecule has 0 bridgehead atoms. The zero-order valence-electron chi connectivity index (χ0n) is 15.8. The molecule has 2 aromatic carbocycles. The number of methoxy groups -OCH3 is 1. The number of hydrogen-bond acceptors (Lipinski definition) is 3.